The SMILES string of the molecule is Cc1csc(-c2ccc3c(C(=O)NC4CC5CC4CN5C)n[nH]c3c2)n1.O=CO. The summed E-state index contributed by atoms with van der Waals surface area (Å²) in [7, 11) is 2.17. The number of fused-ring (bicyclic) bond motifs is 3. The molecular formula is C20H23N5O3S. The van der Waals surface area contributed by atoms with Gasteiger partial charge in [-0.1, -0.05) is 6.07 Å². The third-order valence-electron chi connectivity index (χ3n) is 5.78. The lowest BCUT2D eigenvalue weighted by atomic mass is 10.0. The summed E-state index contributed by atoms with van der Waals surface area (Å²) >= 11 is 1.62. The summed E-state index contributed by atoms with van der Waals surface area (Å²) in [4.78, 5) is 28.1. The number of piperidine rings is 1. The molecule has 0 spiro atoms. The molecule has 3 atom stereocenters. The zero-order valence-corrected chi connectivity index (χ0v) is 17.1. The second kappa shape index (κ2) is 7.92. The van der Waals surface area contributed by atoms with Gasteiger partial charge < -0.3 is 15.3 Å². The summed E-state index contributed by atoms with van der Waals surface area (Å²) in [5, 5.41) is 21.3. The summed E-state index contributed by atoms with van der Waals surface area (Å²) in [5.41, 5.74) is 3.42. The monoisotopic (exact) mass is 413 g/mol. The lowest BCUT2D eigenvalue weighted by molar-refractivity contribution is -0.122. The average molecular weight is 414 g/mol. The van der Waals surface area contributed by atoms with Gasteiger partial charge in [-0.25, -0.2) is 4.98 Å². The number of aryl methyl sites for hydroxylation is 1. The number of H-pyrrole nitrogens is 1. The first-order valence-electron chi connectivity index (χ1n) is 9.49. The van der Waals surface area contributed by atoms with Crippen molar-refractivity contribution in [1.82, 2.24) is 25.4 Å². The molecular weight excluding hydrogens is 390 g/mol. The van der Waals surface area contributed by atoms with Gasteiger partial charge in [0.15, 0.2) is 5.69 Å². The van der Waals surface area contributed by atoms with Gasteiger partial charge in [0.1, 0.15) is 5.01 Å². The van der Waals surface area contributed by atoms with Gasteiger partial charge in [-0.2, -0.15) is 5.10 Å². The van der Waals surface area contributed by atoms with Gasteiger partial charge in [0.05, 0.1) is 5.52 Å². The van der Waals surface area contributed by atoms with Crippen molar-refractivity contribution in [2.24, 2.45) is 5.92 Å². The molecule has 152 valence electrons. The molecule has 1 aliphatic carbocycles. The Morgan fingerprint density at radius 3 is 2.83 bits per heavy atom. The Hall–Kier alpha value is -2.78. The molecule has 0 radical (unpaired) electrons. The van der Waals surface area contributed by atoms with Crippen molar-refractivity contribution in [1.29, 1.82) is 0 Å². The quantitative estimate of drug-likeness (QED) is 0.569. The molecule has 1 aliphatic heterocycles. The van der Waals surface area contributed by atoms with Crippen molar-refractivity contribution >= 4 is 34.6 Å². The first-order valence-corrected chi connectivity index (χ1v) is 10.4. The van der Waals surface area contributed by atoms with Gasteiger partial charge in [0.25, 0.3) is 12.4 Å². The van der Waals surface area contributed by atoms with E-state index < -0.39 is 0 Å². The van der Waals surface area contributed by atoms with Crippen LogP contribution in [0.5, 0.6) is 0 Å². The number of nitrogens with zero attached hydrogens (tertiary/aromatic N) is 3. The number of hydrogen-bond donors (Lipinski definition) is 3. The molecule has 2 aromatic heterocycles. The summed E-state index contributed by atoms with van der Waals surface area (Å²) in [6.07, 6.45) is 2.24. The first-order chi connectivity index (χ1) is 14.0. The maximum Gasteiger partial charge on any atom is 0.290 e. The molecule has 1 amide bonds. The van der Waals surface area contributed by atoms with Crippen LogP contribution >= 0.6 is 11.3 Å². The van der Waals surface area contributed by atoms with Gasteiger partial charge >= 0.3 is 0 Å². The van der Waals surface area contributed by atoms with Crippen LogP contribution in [0, 0.1) is 12.8 Å². The van der Waals surface area contributed by atoms with E-state index in [1.54, 1.807) is 11.3 Å². The molecule has 2 bridgehead atoms. The lowest BCUT2D eigenvalue weighted by Gasteiger charge is -2.28. The maximum atomic E-state index is 12.8. The fourth-order valence-corrected chi connectivity index (χ4v) is 5.20. The van der Waals surface area contributed by atoms with E-state index in [9.17, 15) is 4.79 Å². The zero-order valence-electron chi connectivity index (χ0n) is 16.3. The molecule has 8 nitrogen and oxygen atoms in total. The maximum absolute atomic E-state index is 12.8. The van der Waals surface area contributed by atoms with Crippen LogP contribution in [0.3, 0.4) is 0 Å². The molecule has 1 saturated heterocycles. The Balaban J connectivity index is 0.000000645. The fourth-order valence-electron chi connectivity index (χ4n) is 4.40. The molecule has 1 aromatic carbocycles. The Morgan fingerprint density at radius 1 is 1.41 bits per heavy atom. The molecule has 3 aromatic rings. The average Bonchev–Trinajstić information content (AvgIpc) is 3.45. The van der Waals surface area contributed by atoms with Crippen LogP contribution < -0.4 is 5.32 Å². The molecule has 3 N–H and O–H groups in total. The van der Waals surface area contributed by atoms with E-state index in [-0.39, 0.29) is 18.4 Å². The second-order valence-corrected chi connectivity index (χ2v) is 8.49. The van der Waals surface area contributed by atoms with E-state index in [1.165, 1.54) is 6.42 Å². The Kier molecular flexibility index (Phi) is 5.33. The number of hydrogen-bond acceptors (Lipinski definition) is 6. The summed E-state index contributed by atoms with van der Waals surface area (Å²) in [6.45, 7) is 2.82. The number of rotatable bonds is 3. The standard InChI is InChI=1S/C19H21N5OS.CH2O2/c1-10-9-26-19(20-10)11-3-4-14-16(6-11)22-23-17(14)18(25)21-15-7-13-5-12(15)8-24(13)2;2-1-3/h3-4,6,9,12-13,15H,5,7-8H2,1-2H3,(H,21,25)(H,22,23);1H,(H,2,3). The van der Waals surface area contributed by atoms with Gasteiger partial charge in [-0.05, 0) is 44.9 Å². The summed E-state index contributed by atoms with van der Waals surface area (Å²) in [6, 6.07) is 6.89. The highest BCUT2D eigenvalue weighted by Crippen LogP contribution is 2.37. The molecule has 3 unspecified atom stereocenters. The van der Waals surface area contributed by atoms with E-state index >= 15 is 0 Å². The minimum atomic E-state index is -0.250. The number of aromatic amines is 1. The second-order valence-electron chi connectivity index (χ2n) is 7.64. The van der Waals surface area contributed by atoms with Gasteiger partial charge in [-0.15, -0.1) is 11.3 Å². The number of amides is 1. The van der Waals surface area contributed by atoms with Gasteiger partial charge in [0, 0.05) is 40.7 Å². The van der Waals surface area contributed by atoms with Crippen LogP contribution in [0.15, 0.2) is 23.6 Å². The van der Waals surface area contributed by atoms with Gasteiger partial charge in [0.2, 0.25) is 0 Å². The van der Waals surface area contributed by atoms with E-state index in [4.69, 9.17) is 9.90 Å². The normalized spacial score (nSPS) is 23.0. The minimum Gasteiger partial charge on any atom is -0.483 e. The van der Waals surface area contributed by atoms with Crippen molar-refractivity contribution in [2.45, 2.75) is 31.8 Å². The highest BCUT2D eigenvalue weighted by molar-refractivity contribution is 7.13. The van der Waals surface area contributed by atoms with Crippen molar-refractivity contribution in [3.63, 3.8) is 0 Å². The largest absolute Gasteiger partial charge is 0.483 e. The van der Waals surface area contributed by atoms with Crippen LogP contribution in [0.25, 0.3) is 21.5 Å². The number of carbonyl (C=O) groups excluding carboxylic acids is 1. The van der Waals surface area contributed by atoms with E-state index in [0.717, 1.165) is 40.1 Å². The van der Waals surface area contributed by atoms with Crippen molar-refractivity contribution in [2.75, 3.05) is 13.6 Å². The number of nitrogens with one attached hydrogen (secondary N) is 2. The zero-order chi connectivity index (χ0) is 20.5. The molecule has 1 saturated carbocycles. The molecule has 2 aliphatic rings. The highest BCUT2D eigenvalue weighted by Gasteiger charge is 2.43. The number of benzene rings is 1. The Labute approximate surface area is 171 Å². The Morgan fingerprint density at radius 2 is 2.21 bits per heavy atom. The molecule has 29 heavy (non-hydrogen) atoms. The van der Waals surface area contributed by atoms with Crippen molar-refractivity contribution in [3.05, 3.63) is 35.0 Å². The van der Waals surface area contributed by atoms with Crippen LogP contribution in [0.4, 0.5) is 0 Å². The van der Waals surface area contributed by atoms with Crippen molar-refractivity contribution in [3.8, 4) is 10.6 Å². The summed E-state index contributed by atoms with van der Waals surface area (Å²) < 4.78 is 0. The Bertz CT molecular complexity index is 1040. The van der Waals surface area contributed by atoms with E-state index in [2.05, 4.69) is 32.4 Å². The predicted molar refractivity (Wildman–Crippen MR) is 111 cm³/mol. The third kappa shape index (κ3) is 3.75. The molecule has 2 fully saturated rings. The van der Waals surface area contributed by atoms with E-state index in [0.29, 0.717) is 17.7 Å². The number of likely N-dealkylation sites (tertiary alicyclic amines) is 1. The molecule has 3 heterocycles. The number of carbonyl (C=O) groups is 2. The number of thiazole rings is 1. The molecule has 5 rings (SSSR count). The first kappa shape index (κ1) is 19.5. The van der Waals surface area contributed by atoms with Gasteiger partial charge in [-0.3, -0.25) is 14.7 Å². The van der Waals surface area contributed by atoms with Crippen LogP contribution in [0.1, 0.15) is 29.0 Å². The predicted octanol–water partition coefficient (Wildman–Crippen LogP) is 2.52. The third-order valence-corrected chi connectivity index (χ3v) is 6.79. The fraction of sp³-hybridized carbons (Fsp3) is 0.400. The highest BCUT2D eigenvalue weighted by atomic mass is 32.1. The lowest BCUT2D eigenvalue weighted by Crippen LogP contribution is -2.44. The molecule has 9 heteroatoms. The van der Waals surface area contributed by atoms with Crippen LogP contribution in [-0.2, 0) is 4.79 Å². The smallest absolute Gasteiger partial charge is 0.290 e. The van der Waals surface area contributed by atoms with Crippen molar-refractivity contribution < 1.29 is 14.7 Å². The van der Waals surface area contributed by atoms with E-state index in [1.807, 2.05) is 30.5 Å². The minimum absolute atomic E-state index is 0.0747. The van der Waals surface area contributed by atoms with Crippen LogP contribution in [-0.4, -0.2) is 63.2 Å². The summed E-state index contributed by atoms with van der Waals surface area (Å²) in [5.74, 6) is 0.494. The number of aromatic nitrogens is 3. The van der Waals surface area contributed by atoms with Crippen LogP contribution in [0.2, 0.25) is 0 Å². The topological polar surface area (TPSA) is 111 Å². The number of carboxylic acid groups (broad SMARTS) is 1.